The number of hydrogen-bond donors (Lipinski definition) is 0. The Labute approximate surface area is 188 Å². The maximum atomic E-state index is 6.30. The molecule has 0 saturated heterocycles. The maximum Gasteiger partial charge on any atom is 0.0728 e. The first-order valence-electron chi connectivity index (χ1n) is 6.73. The Balaban J connectivity index is 2.11. The van der Waals surface area contributed by atoms with Crippen molar-refractivity contribution in [1.82, 2.24) is 4.98 Å². The fourth-order valence-electron chi connectivity index (χ4n) is 2.22. The third-order valence-corrected chi connectivity index (χ3v) is 6.40. The molecular weight excluding hydrogens is 558 g/mol. The van der Waals surface area contributed by atoms with Crippen molar-refractivity contribution in [3.05, 3.63) is 70.2 Å². The second-order valence-corrected chi connectivity index (χ2v) is 8.65. The van der Waals surface area contributed by atoms with Crippen molar-refractivity contribution in [2.45, 2.75) is 0 Å². The zero-order valence-corrected chi connectivity index (χ0v) is 18.8. The molecule has 0 bridgehead atoms. The van der Waals surface area contributed by atoms with Crippen LogP contribution in [0.15, 0.2) is 36.5 Å². The van der Waals surface area contributed by atoms with Gasteiger partial charge in [0.05, 0.1) is 35.8 Å². The van der Waals surface area contributed by atoms with E-state index in [0.717, 1.165) is 14.7 Å². The van der Waals surface area contributed by atoms with Gasteiger partial charge in [0.2, 0.25) is 0 Å². The lowest BCUT2D eigenvalue weighted by atomic mass is 10.1. The molecule has 0 unspecified atom stereocenters. The topological polar surface area (TPSA) is 12.9 Å². The van der Waals surface area contributed by atoms with Crippen molar-refractivity contribution < 1.29 is 0 Å². The zero-order valence-electron chi connectivity index (χ0n) is 12.1. The Bertz CT molecular complexity index is 989. The van der Waals surface area contributed by atoms with Gasteiger partial charge in [-0.25, -0.2) is 0 Å². The van der Waals surface area contributed by atoms with Gasteiger partial charge in [-0.15, -0.1) is 0 Å². The third kappa shape index (κ3) is 4.16. The highest BCUT2D eigenvalue weighted by atomic mass is 127. The summed E-state index contributed by atoms with van der Waals surface area (Å²) in [7, 11) is 0. The van der Waals surface area contributed by atoms with Crippen LogP contribution in [0.1, 0.15) is 0 Å². The molecule has 0 amide bonds. The molecule has 0 aliphatic heterocycles. The largest absolute Gasteiger partial charge is 0.255 e. The molecule has 1 nitrogen and oxygen atoms in total. The minimum absolute atomic E-state index is 0.393. The molecule has 0 spiro atoms. The number of benzene rings is 2. The van der Waals surface area contributed by atoms with E-state index in [1.165, 1.54) is 0 Å². The predicted molar refractivity (Wildman–Crippen MR) is 118 cm³/mol. The van der Waals surface area contributed by atoms with E-state index < -0.39 is 0 Å². The van der Waals surface area contributed by atoms with Crippen molar-refractivity contribution in [2.24, 2.45) is 0 Å². The summed E-state index contributed by atoms with van der Waals surface area (Å²) in [5.41, 5.74) is 2.96. The third-order valence-electron chi connectivity index (χ3n) is 3.44. The second kappa shape index (κ2) is 7.97. The van der Waals surface area contributed by atoms with Crippen LogP contribution < -0.4 is 0 Å². The van der Waals surface area contributed by atoms with E-state index in [2.05, 4.69) is 27.6 Å². The lowest BCUT2D eigenvalue weighted by Crippen LogP contribution is -1.92. The van der Waals surface area contributed by atoms with E-state index in [0.29, 0.717) is 41.4 Å². The van der Waals surface area contributed by atoms with Crippen molar-refractivity contribution in [1.29, 1.82) is 0 Å². The number of halogens is 7. The molecule has 0 aliphatic rings. The fourth-order valence-corrected chi connectivity index (χ4v) is 4.24. The Morgan fingerprint density at radius 3 is 1.60 bits per heavy atom. The van der Waals surface area contributed by atoms with E-state index in [1.54, 1.807) is 30.5 Å². The molecule has 0 atom stereocenters. The minimum Gasteiger partial charge on any atom is -0.255 e. The molecule has 0 saturated carbocycles. The van der Waals surface area contributed by atoms with Crippen LogP contribution in [0, 0.1) is 3.57 Å². The Hall–Kier alpha value is 0.0600. The summed E-state index contributed by atoms with van der Waals surface area (Å²) in [5.74, 6) is 0. The number of hydrogen-bond acceptors (Lipinski definition) is 1. The van der Waals surface area contributed by atoms with Gasteiger partial charge in [0.15, 0.2) is 0 Å². The SMILES string of the molecule is Clc1cc(Cl)c(-c2cc(I)c(-c3cc(Cl)c(Cl)cc3Cl)cn2)cc1Cl. The normalized spacial score (nSPS) is 11.0. The van der Waals surface area contributed by atoms with Crippen LogP contribution in [-0.4, -0.2) is 4.98 Å². The smallest absolute Gasteiger partial charge is 0.0728 e. The first-order valence-corrected chi connectivity index (χ1v) is 10.1. The van der Waals surface area contributed by atoms with Gasteiger partial charge in [0, 0.05) is 26.5 Å². The van der Waals surface area contributed by atoms with Gasteiger partial charge in [-0.05, 0) is 52.9 Å². The van der Waals surface area contributed by atoms with Crippen LogP contribution in [0.3, 0.4) is 0 Å². The van der Waals surface area contributed by atoms with E-state index in [4.69, 9.17) is 69.6 Å². The molecule has 8 heteroatoms. The van der Waals surface area contributed by atoms with Crippen LogP contribution in [-0.2, 0) is 0 Å². The fraction of sp³-hybridized carbons (Fsp3) is 0. The summed E-state index contributed by atoms with van der Waals surface area (Å²) in [5, 5.41) is 2.59. The molecule has 3 rings (SSSR count). The Morgan fingerprint density at radius 1 is 0.560 bits per heavy atom. The lowest BCUT2D eigenvalue weighted by Gasteiger charge is -2.11. The average Bonchev–Trinajstić information content (AvgIpc) is 2.55. The Morgan fingerprint density at radius 2 is 1.04 bits per heavy atom. The molecule has 0 fully saturated rings. The lowest BCUT2D eigenvalue weighted by molar-refractivity contribution is 1.31. The highest BCUT2D eigenvalue weighted by Gasteiger charge is 2.15. The monoisotopic (exact) mass is 561 g/mol. The molecule has 0 N–H and O–H groups in total. The van der Waals surface area contributed by atoms with Crippen molar-refractivity contribution in [3.63, 3.8) is 0 Å². The molecule has 128 valence electrons. The molecule has 1 heterocycles. The summed E-state index contributed by atoms with van der Waals surface area (Å²) in [4.78, 5) is 4.49. The van der Waals surface area contributed by atoms with Crippen LogP contribution in [0.4, 0.5) is 0 Å². The van der Waals surface area contributed by atoms with E-state index in [1.807, 2.05) is 6.07 Å². The van der Waals surface area contributed by atoms with Crippen molar-refractivity contribution in [2.75, 3.05) is 0 Å². The number of nitrogens with zero attached hydrogens (tertiary/aromatic N) is 1. The number of pyridine rings is 1. The molecule has 25 heavy (non-hydrogen) atoms. The standard InChI is InChI=1S/C17H6Cl6IN/c18-10-3-14(22)12(20)1-7(10)9-6-25-17(5-16(9)24)8-2-13(21)15(23)4-11(8)19/h1-6H. The van der Waals surface area contributed by atoms with Gasteiger partial charge >= 0.3 is 0 Å². The van der Waals surface area contributed by atoms with Crippen LogP contribution in [0.25, 0.3) is 22.4 Å². The van der Waals surface area contributed by atoms with Crippen LogP contribution >= 0.6 is 92.2 Å². The Kier molecular flexibility index (Phi) is 6.32. The van der Waals surface area contributed by atoms with Gasteiger partial charge in [0.25, 0.3) is 0 Å². The van der Waals surface area contributed by atoms with Gasteiger partial charge in [0.1, 0.15) is 0 Å². The molecule has 0 radical (unpaired) electrons. The van der Waals surface area contributed by atoms with Gasteiger partial charge in [-0.2, -0.15) is 0 Å². The molecule has 3 aromatic rings. The number of rotatable bonds is 2. The van der Waals surface area contributed by atoms with E-state index in [9.17, 15) is 0 Å². The highest BCUT2D eigenvalue weighted by molar-refractivity contribution is 14.1. The van der Waals surface area contributed by atoms with Crippen LogP contribution in [0.2, 0.25) is 30.1 Å². The zero-order chi connectivity index (χ0) is 18.3. The maximum absolute atomic E-state index is 6.30. The molecule has 1 aromatic heterocycles. The first kappa shape index (κ1) is 19.8. The summed E-state index contributed by atoms with van der Waals surface area (Å²) in [6.45, 7) is 0. The summed E-state index contributed by atoms with van der Waals surface area (Å²) in [6, 6.07) is 8.51. The quantitative estimate of drug-likeness (QED) is 0.224. The van der Waals surface area contributed by atoms with E-state index >= 15 is 0 Å². The first-order chi connectivity index (χ1) is 11.8. The summed E-state index contributed by atoms with van der Waals surface area (Å²) in [6.07, 6.45) is 1.71. The molecular formula is C17H6Cl6IN. The number of aromatic nitrogens is 1. The summed E-state index contributed by atoms with van der Waals surface area (Å²) < 4.78 is 0.921. The van der Waals surface area contributed by atoms with Crippen molar-refractivity contribution >= 4 is 92.2 Å². The predicted octanol–water partition coefficient (Wildman–Crippen LogP) is 8.94. The van der Waals surface area contributed by atoms with Gasteiger partial charge < -0.3 is 0 Å². The van der Waals surface area contributed by atoms with Gasteiger partial charge in [-0.3, -0.25) is 4.98 Å². The molecule has 2 aromatic carbocycles. The van der Waals surface area contributed by atoms with Crippen LogP contribution in [0.5, 0.6) is 0 Å². The minimum atomic E-state index is 0.393. The average molecular weight is 564 g/mol. The van der Waals surface area contributed by atoms with Gasteiger partial charge in [-0.1, -0.05) is 69.6 Å². The summed E-state index contributed by atoms with van der Waals surface area (Å²) >= 11 is 38.9. The van der Waals surface area contributed by atoms with E-state index in [-0.39, 0.29) is 0 Å². The van der Waals surface area contributed by atoms with Crippen molar-refractivity contribution in [3.8, 4) is 22.4 Å². The second-order valence-electron chi connectivity index (χ2n) is 5.04. The molecule has 0 aliphatic carbocycles. The highest BCUT2D eigenvalue weighted by Crippen LogP contribution is 2.39.